The summed E-state index contributed by atoms with van der Waals surface area (Å²) < 4.78 is 0. The van der Waals surface area contributed by atoms with E-state index in [9.17, 15) is 4.79 Å². The number of thioether (sulfide) groups is 1. The number of hydrogen-bond donors (Lipinski definition) is 2. The molecular formula is C15H22N2OS. The maximum absolute atomic E-state index is 12.4. The van der Waals surface area contributed by atoms with Crippen LogP contribution >= 0.6 is 11.8 Å². The molecule has 0 spiro atoms. The fourth-order valence-electron chi connectivity index (χ4n) is 2.22. The molecule has 2 unspecified atom stereocenters. The largest absolute Gasteiger partial charge is 0.349 e. The predicted molar refractivity (Wildman–Crippen MR) is 80.1 cm³/mol. The van der Waals surface area contributed by atoms with Crippen molar-refractivity contribution in [3.63, 3.8) is 0 Å². The van der Waals surface area contributed by atoms with E-state index in [0.29, 0.717) is 6.54 Å². The molecule has 1 heterocycles. The van der Waals surface area contributed by atoms with E-state index in [1.54, 1.807) is 0 Å². The molecule has 1 aliphatic rings. The molecule has 0 aromatic heterocycles. The van der Waals surface area contributed by atoms with E-state index in [0.717, 1.165) is 18.6 Å². The van der Waals surface area contributed by atoms with Gasteiger partial charge in [0.2, 0.25) is 5.91 Å². The van der Waals surface area contributed by atoms with Crippen LogP contribution in [0.15, 0.2) is 29.2 Å². The molecule has 0 aliphatic carbocycles. The van der Waals surface area contributed by atoms with Crippen LogP contribution in [0.2, 0.25) is 0 Å². The zero-order chi connectivity index (χ0) is 13.9. The van der Waals surface area contributed by atoms with E-state index in [1.807, 2.05) is 37.7 Å². The van der Waals surface area contributed by atoms with Crippen molar-refractivity contribution in [1.82, 2.24) is 5.32 Å². The molecule has 0 radical (unpaired) electrons. The van der Waals surface area contributed by atoms with Crippen LogP contribution in [0.4, 0.5) is 0 Å². The van der Waals surface area contributed by atoms with Crippen molar-refractivity contribution < 1.29 is 4.79 Å². The lowest BCUT2D eigenvalue weighted by Gasteiger charge is -2.31. The topological polar surface area (TPSA) is 55.1 Å². The predicted octanol–water partition coefficient (Wildman–Crippen LogP) is 2.71. The van der Waals surface area contributed by atoms with Crippen molar-refractivity contribution in [2.75, 3.05) is 12.3 Å². The summed E-state index contributed by atoms with van der Waals surface area (Å²) in [7, 11) is 0. The number of nitrogens with one attached hydrogen (secondary N) is 1. The van der Waals surface area contributed by atoms with Crippen LogP contribution < -0.4 is 11.1 Å². The van der Waals surface area contributed by atoms with E-state index < -0.39 is 5.41 Å². The zero-order valence-corrected chi connectivity index (χ0v) is 12.4. The van der Waals surface area contributed by atoms with Crippen LogP contribution in [0.1, 0.15) is 38.3 Å². The smallest absolute Gasteiger partial charge is 0.227 e. The van der Waals surface area contributed by atoms with E-state index in [2.05, 4.69) is 17.4 Å². The van der Waals surface area contributed by atoms with Gasteiger partial charge in [0.1, 0.15) is 0 Å². The molecule has 0 bridgehead atoms. The second kappa shape index (κ2) is 5.97. The quantitative estimate of drug-likeness (QED) is 0.890. The van der Waals surface area contributed by atoms with Gasteiger partial charge in [0, 0.05) is 17.2 Å². The molecule has 1 amide bonds. The number of carbonyl (C=O) groups excluding carboxylic acids is 1. The Kier molecular flexibility index (Phi) is 4.53. The number of carbonyl (C=O) groups is 1. The van der Waals surface area contributed by atoms with E-state index in [4.69, 9.17) is 5.73 Å². The molecule has 0 fully saturated rings. The van der Waals surface area contributed by atoms with Crippen LogP contribution in [-0.4, -0.2) is 18.2 Å². The third-order valence-electron chi connectivity index (χ3n) is 4.04. The molecule has 0 saturated heterocycles. The highest BCUT2D eigenvalue weighted by atomic mass is 32.2. The zero-order valence-electron chi connectivity index (χ0n) is 11.6. The number of rotatable bonds is 4. The second-order valence-corrected chi connectivity index (χ2v) is 6.46. The number of hydrogen-bond acceptors (Lipinski definition) is 3. The molecule has 2 rings (SSSR count). The summed E-state index contributed by atoms with van der Waals surface area (Å²) in [6.07, 6.45) is 1.75. The molecule has 3 N–H and O–H groups in total. The Hall–Kier alpha value is -1.00. The number of fused-ring (bicyclic) bond motifs is 1. The fourth-order valence-corrected chi connectivity index (χ4v) is 3.35. The van der Waals surface area contributed by atoms with Gasteiger partial charge in [0.05, 0.1) is 11.5 Å². The van der Waals surface area contributed by atoms with Gasteiger partial charge in [0.25, 0.3) is 0 Å². The average molecular weight is 278 g/mol. The van der Waals surface area contributed by atoms with Crippen LogP contribution in [0.5, 0.6) is 0 Å². The SMILES string of the molecule is CCC(C)(CN)C(=O)NC1CCSc2ccccc21. The van der Waals surface area contributed by atoms with Crippen LogP contribution in [0, 0.1) is 5.41 Å². The molecular weight excluding hydrogens is 256 g/mol. The van der Waals surface area contributed by atoms with E-state index >= 15 is 0 Å². The molecule has 1 aromatic carbocycles. The summed E-state index contributed by atoms with van der Waals surface area (Å²) >= 11 is 1.86. The first-order valence-electron chi connectivity index (χ1n) is 6.83. The lowest BCUT2D eigenvalue weighted by atomic mass is 9.86. The number of benzene rings is 1. The van der Waals surface area contributed by atoms with Gasteiger partial charge < -0.3 is 11.1 Å². The lowest BCUT2D eigenvalue weighted by molar-refractivity contribution is -0.130. The summed E-state index contributed by atoms with van der Waals surface area (Å²) in [5.41, 5.74) is 6.53. The van der Waals surface area contributed by atoms with Crippen molar-refractivity contribution in [3.05, 3.63) is 29.8 Å². The fraction of sp³-hybridized carbons (Fsp3) is 0.533. The monoisotopic (exact) mass is 278 g/mol. The third kappa shape index (κ3) is 2.95. The Bertz CT molecular complexity index is 457. The van der Waals surface area contributed by atoms with Crippen molar-refractivity contribution in [3.8, 4) is 0 Å². The van der Waals surface area contributed by atoms with Gasteiger partial charge in [-0.05, 0) is 31.4 Å². The van der Waals surface area contributed by atoms with Crippen molar-refractivity contribution in [2.45, 2.75) is 37.6 Å². The maximum atomic E-state index is 12.4. The van der Waals surface area contributed by atoms with Gasteiger partial charge in [-0.2, -0.15) is 0 Å². The molecule has 2 atom stereocenters. The van der Waals surface area contributed by atoms with E-state index in [-0.39, 0.29) is 11.9 Å². The highest BCUT2D eigenvalue weighted by molar-refractivity contribution is 7.99. The Balaban J connectivity index is 2.15. The summed E-state index contributed by atoms with van der Waals surface area (Å²) in [6, 6.07) is 8.44. The summed E-state index contributed by atoms with van der Waals surface area (Å²) in [4.78, 5) is 13.7. The average Bonchev–Trinajstić information content (AvgIpc) is 2.46. The molecule has 3 nitrogen and oxygen atoms in total. The molecule has 104 valence electrons. The van der Waals surface area contributed by atoms with Crippen LogP contribution in [0.3, 0.4) is 0 Å². The highest BCUT2D eigenvalue weighted by Gasteiger charge is 2.32. The van der Waals surface area contributed by atoms with Crippen LogP contribution in [0.25, 0.3) is 0 Å². The minimum atomic E-state index is -0.459. The van der Waals surface area contributed by atoms with Gasteiger partial charge in [-0.15, -0.1) is 11.8 Å². The Morgan fingerprint density at radius 3 is 2.95 bits per heavy atom. The molecule has 19 heavy (non-hydrogen) atoms. The number of amides is 1. The first-order valence-corrected chi connectivity index (χ1v) is 7.82. The maximum Gasteiger partial charge on any atom is 0.227 e. The van der Waals surface area contributed by atoms with Crippen LogP contribution in [-0.2, 0) is 4.79 Å². The van der Waals surface area contributed by atoms with Crippen molar-refractivity contribution >= 4 is 17.7 Å². The van der Waals surface area contributed by atoms with Crippen molar-refractivity contribution in [1.29, 1.82) is 0 Å². The van der Waals surface area contributed by atoms with Gasteiger partial charge in [-0.3, -0.25) is 4.79 Å². The van der Waals surface area contributed by atoms with Gasteiger partial charge in [0.15, 0.2) is 0 Å². The summed E-state index contributed by atoms with van der Waals surface area (Å²) in [6.45, 7) is 4.33. The molecule has 0 saturated carbocycles. The molecule has 4 heteroatoms. The Labute approximate surface area is 119 Å². The van der Waals surface area contributed by atoms with Gasteiger partial charge >= 0.3 is 0 Å². The first kappa shape index (κ1) is 14.4. The van der Waals surface area contributed by atoms with Gasteiger partial charge in [-0.25, -0.2) is 0 Å². The molecule has 1 aromatic rings. The lowest BCUT2D eigenvalue weighted by Crippen LogP contribution is -2.45. The first-order chi connectivity index (χ1) is 9.10. The van der Waals surface area contributed by atoms with E-state index in [1.165, 1.54) is 10.5 Å². The Morgan fingerprint density at radius 1 is 1.53 bits per heavy atom. The minimum absolute atomic E-state index is 0.0733. The summed E-state index contributed by atoms with van der Waals surface area (Å²) in [5, 5.41) is 3.19. The molecule has 1 aliphatic heterocycles. The minimum Gasteiger partial charge on any atom is -0.349 e. The summed E-state index contributed by atoms with van der Waals surface area (Å²) in [5.74, 6) is 1.12. The number of nitrogens with two attached hydrogens (primary N) is 1. The second-order valence-electron chi connectivity index (χ2n) is 5.32. The Morgan fingerprint density at radius 2 is 2.26 bits per heavy atom. The van der Waals surface area contributed by atoms with Crippen molar-refractivity contribution in [2.24, 2.45) is 11.1 Å². The highest BCUT2D eigenvalue weighted by Crippen LogP contribution is 2.36. The normalized spacial score (nSPS) is 21.3. The third-order valence-corrected chi connectivity index (χ3v) is 5.17. The standard InChI is InChI=1S/C15H22N2OS/c1-3-15(2,10-16)14(18)17-12-8-9-19-13-7-5-4-6-11(12)13/h4-7,12H,3,8-10,16H2,1-2H3,(H,17,18). The van der Waals surface area contributed by atoms with Gasteiger partial charge in [-0.1, -0.05) is 25.1 Å².